The van der Waals surface area contributed by atoms with Crippen molar-refractivity contribution in [3.63, 3.8) is 0 Å². The fraction of sp³-hybridized carbons (Fsp3) is 0.364. The summed E-state index contributed by atoms with van der Waals surface area (Å²) in [5, 5.41) is 2.53. The third kappa shape index (κ3) is 6.88. The summed E-state index contributed by atoms with van der Waals surface area (Å²) in [5.74, 6) is -0.914. The molecule has 3 rings (SSSR count). The molecule has 32 heavy (non-hydrogen) atoms. The highest BCUT2D eigenvalue weighted by Gasteiger charge is 2.31. The molecule has 1 atom stereocenters. The Labute approximate surface area is 183 Å². The van der Waals surface area contributed by atoms with Crippen LogP contribution in [0, 0.1) is 0 Å². The third-order valence-corrected chi connectivity index (χ3v) is 4.67. The van der Waals surface area contributed by atoms with E-state index in [9.17, 15) is 22.8 Å². The van der Waals surface area contributed by atoms with Crippen LogP contribution in [0.2, 0.25) is 0 Å². The van der Waals surface area contributed by atoms with E-state index in [-0.39, 0.29) is 18.3 Å². The molecule has 2 aromatic carbocycles. The van der Waals surface area contributed by atoms with Crippen molar-refractivity contribution in [1.29, 1.82) is 0 Å². The van der Waals surface area contributed by atoms with Gasteiger partial charge in [0, 0.05) is 19.3 Å². The van der Waals surface area contributed by atoms with E-state index in [2.05, 4.69) is 10.1 Å². The number of likely N-dealkylation sites (N-methyl/N-ethyl adjacent to an activating group) is 1. The quantitative estimate of drug-likeness (QED) is 0.659. The number of rotatable bonds is 8. The molecule has 7 nitrogen and oxygen atoms in total. The van der Waals surface area contributed by atoms with E-state index in [0.717, 1.165) is 25.0 Å². The third-order valence-electron chi connectivity index (χ3n) is 4.67. The number of carbonyl (C=O) groups is 2. The molecule has 0 spiro atoms. The molecule has 1 heterocycles. The van der Waals surface area contributed by atoms with E-state index >= 15 is 0 Å². The molecule has 10 heteroatoms. The summed E-state index contributed by atoms with van der Waals surface area (Å²) < 4.78 is 51.8. The van der Waals surface area contributed by atoms with Crippen LogP contribution in [0.5, 0.6) is 11.5 Å². The van der Waals surface area contributed by atoms with Crippen molar-refractivity contribution < 1.29 is 37.0 Å². The fourth-order valence-electron chi connectivity index (χ4n) is 3.16. The van der Waals surface area contributed by atoms with Gasteiger partial charge in [0.2, 0.25) is 5.91 Å². The van der Waals surface area contributed by atoms with Crippen LogP contribution < -0.4 is 14.8 Å². The van der Waals surface area contributed by atoms with Gasteiger partial charge in [0.1, 0.15) is 18.1 Å². The molecule has 1 aliphatic rings. The zero-order valence-electron chi connectivity index (χ0n) is 17.4. The van der Waals surface area contributed by atoms with Gasteiger partial charge in [-0.15, -0.1) is 13.2 Å². The highest BCUT2D eigenvalue weighted by molar-refractivity contribution is 6.00. The Kier molecular flexibility index (Phi) is 7.57. The standard InChI is InChI=1S/C22H23F3N2O5/c1-27(13-20(28)26-15-8-10-16(11-9-15)32-22(23,24)25)21(29)18-6-2-3-7-19(18)31-14-17-5-4-12-30-17/h2-3,6-11,17H,4-5,12-14H2,1H3,(H,26,28). The summed E-state index contributed by atoms with van der Waals surface area (Å²) >= 11 is 0. The average molecular weight is 452 g/mol. The zero-order chi connectivity index (χ0) is 23.1. The summed E-state index contributed by atoms with van der Waals surface area (Å²) in [6, 6.07) is 11.5. The molecule has 1 aliphatic heterocycles. The highest BCUT2D eigenvalue weighted by Crippen LogP contribution is 2.24. The predicted octanol–water partition coefficient (Wildman–Crippen LogP) is 3.85. The van der Waals surface area contributed by atoms with Crippen LogP contribution in [-0.4, -0.2) is 56.0 Å². The lowest BCUT2D eigenvalue weighted by molar-refractivity contribution is -0.274. The average Bonchev–Trinajstić information content (AvgIpc) is 3.26. The van der Waals surface area contributed by atoms with Crippen molar-refractivity contribution in [2.24, 2.45) is 0 Å². The van der Waals surface area contributed by atoms with Crippen LogP contribution in [0.15, 0.2) is 48.5 Å². The van der Waals surface area contributed by atoms with Crippen molar-refractivity contribution in [3.05, 3.63) is 54.1 Å². The molecule has 2 amide bonds. The number of alkyl halides is 3. The summed E-state index contributed by atoms with van der Waals surface area (Å²) in [7, 11) is 1.47. The first-order valence-corrected chi connectivity index (χ1v) is 9.96. The number of carbonyl (C=O) groups excluding carboxylic acids is 2. The Morgan fingerprint density at radius 3 is 2.53 bits per heavy atom. The van der Waals surface area contributed by atoms with Crippen molar-refractivity contribution in [1.82, 2.24) is 4.90 Å². The van der Waals surface area contributed by atoms with Gasteiger partial charge in [-0.25, -0.2) is 0 Å². The lowest BCUT2D eigenvalue weighted by Crippen LogP contribution is -2.35. The Morgan fingerprint density at radius 2 is 1.88 bits per heavy atom. The molecular formula is C22H23F3N2O5. The van der Waals surface area contributed by atoms with Crippen LogP contribution >= 0.6 is 0 Å². The summed E-state index contributed by atoms with van der Waals surface area (Å²) in [6.45, 7) is 0.771. The van der Waals surface area contributed by atoms with Gasteiger partial charge < -0.3 is 24.4 Å². The highest BCUT2D eigenvalue weighted by atomic mass is 19.4. The molecule has 1 fully saturated rings. The van der Waals surface area contributed by atoms with E-state index in [1.165, 1.54) is 24.1 Å². The van der Waals surface area contributed by atoms with E-state index < -0.39 is 23.9 Å². The maximum Gasteiger partial charge on any atom is 0.573 e. The van der Waals surface area contributed by atoms with Gasteiger partial charge in [0.15, 0.2) is 0 Å². The second-order valence-electron chi connectivity index (χ2n) is 7.22. The van der Waals surface area contributed by atoms with E-state index in [1.807, 2.05) is 0 Å². The number of hydrogen-bond donors (Lipinski definition) is 1. The Hall–Kier alpha value is -3.27. The van der Waals surface area contributed by atoms with E-state index in [1.54, 1.807) is 24.3 Å². The molecule has 1 saturated heterocycles. The van der Waals surface area contributed by atoms with Crippen LogP contribution in [0.1, 0.15) is 23.2 Å². The summed E-state index contributed by atoms with van der Waals surface area (Å²) in [5.41, 5.74) is 0.583. The first kappa shape index (κ1) is 23.4. The van der Waals surface area contributed by atoms with E-state index in [0.29, 0.717) is 24.5 Å². The number of nitrogens with zero attached hydrogens (tertiary/aromatic N) is 1. The number of anilines is 1. The minimum Gasteiger partial charge on any atom is -0.490 e. The SMILES string of the molecule is CN(CC(=O)Nc1ccc(OC(F)(F)F)cc1)C(=O)c1ccccc1OCC1CCCO1. The Bertz CT molecular complexity index is 928. The molecular weight excluding hydrogens is 429 g/mol. The largest absolute Gasteiger partial charge is 0.573 e. The normalized spacial score (nSPS) is 15.8. The summed E-state index contributed by atoms with van der Waals surface area (Å²) in [4.78, 5) is 26.4. The van der Waals surface area contributed by atoms with Crippen LogP contribution in [0.25, 0.3) is 0 Å². The van der Waals surface area contributed by atoms with Crippen LogP contribution in [0.3, 0.4) is 0 Å². The van der Waals surface area contributed by atoms with Crippen molar-refractivity contribution in [3.8, 4) is 11.5 Å². The van der Waals surface area contributed by atoms with Gasteiger partial charge in [0.05, 0.1) is 18.2 Å². The Morgan fingerprint density at radius 1 is 1.16 bits per heavy atom. The fourth-order valence-corrected chi connectivity index (χ4v) is 3.16. The topological polar surface area (TPSA) is 77.1 Å². The number of benzene rings is 2. The van der Waals surface area contributed by atoms with Crippen LogP contribution in [-0.2, 0) is 9.53 Å². The second kappa shape index (κ2) is 10.4. The molecule has 172 valence electrons. The van der Waals surface area contributed by atoms with Gasteiger partial charge in [0.25, 0.3) is 5.91 Å². The lowest BCUT2D eigenvalue weighted by atomic mass is 10.1. The number of para-hydroxylation sites is 1. The van der Waals surface area contributed by atoms with Crippen molar-refractivity contribution in [2.75, 3.05) is 32.1 Å². The van der Waals surface area contributed by atoms with E-state index in [4.69, 9.17) is 9.47 Å². The minimum absolute atomic E-state index is 0.00501. The number of hydrogen-bond acceptors (Lipinski definition) is 5. The summed E-state index contributed by atoms with van der Waals surface area (Å²) in [6.07, 6.45) is -2.92. The van der Waals surface area contributed by atoms with Gasteiger partial charge in [-0.2, -0.15) is 0 Å². The number of ether oxygens (including phenoxy) is 3. The molecule has 1 unspecified atom stereocenters. The maximum absolute atomic E-state index is 12.8. The van der Waals surface area contributed by atoms with Crippen molar-refractivity contribution >= 4 is 17.5 Å². The molecule has 0 radical (unpaired) electrons. The predicted molar refractivity (Wildman–Crippen MR) is 110 cm³/mol. The number of halogens is 3. The van der Waals surface area contributed by atoms with Gasteiger partial charge in [-0.1, -0.05) is 12.1 Å². The molecule has 0 saturated carbocycles. The molecule has 2 aromatic rings. The number of nitrogens with one attached hydrogen (secondary N) is 1. The molecule has 0 aliphatic carbocycles. The maximum atomic E-state index is 12.8. The second-order valence-corrected chi connectivity index (χ2v) is 7.22. The smallest absolute Gasteiger partial charge is 0.490 e. The first-order chi connectivity index (χ1) is 15.2. The molecule has 0 bridgehead atoms. The first-order valence-electron chi connectivity index (χ1n) is 9.96. The monoisotopic (exact) mass is 452 g/mol. The van der Waals surface area contributed by atoms with Gasteiger partial charge >= 0.3 is 6.36 Å². The molecule has 0 aromatic heterocycles. The number of amides is 2. The molecule has 1 N–H and O–H groups in total. The van der Waals surface area contributed by atoms with Gasteiger partial charge in [-0.3, -0.25) is 9.59 Å². The zero-order valence-corrected chi connectivity index (χ0v) is 17.4. The minimum atomic E-state index is -4.79. The van der Waals surface area contributed by atoms with Gasteiger partial charge in [-0.05, 0) is 49.2 Å². The lowest BCUT2D eigenvalue weighted by Gasteiger charge is -2.19. The Balaban J connectivity index is 1.55. The van der Waals surface area contributed by atoms with Crippen molar-refractivity contribution in [2.45, 2.75) is 25.3 Å². The van der Waals surface area contributed by atoms with Crippen LogP contribution in [0.4, 0.5) is 18.9 Å².